The van der Waals surface area contributed by atoms with Crippen LogP contribution in [0.5, 0.6) is 0 Å². The molecule has 6 heteroatoms. The minimum Gasteiger partial charge on any atom is -0.465 e. The molecule has 0 bridgehead atoms. The van der Waals surface area contributed by atoms with Gasteiger partial charge in [-0.2, -0.15) is 0 Å². The van der Waals surface area contributed by atoms with Crippen LogP contribution in [0.3, 0.4) is 0 Å². The molecule has 23 heavy (non-hydrogen) atoms. The van der Waals surface area contributed by atoms with Crippen molar-refractivity contribution < 1.29 is 19.4 Å². The first-order valence-electron chi connectivity index (χ1n) is 8.24. The molecule has 1 aromatic heterocycles. The molecule has 1 aliphatic rings. The van der Waals surface area contributed by atoms with Gasteiger partial charge >= 0.3 is 12.1 Å². The molecule has 1 heterocycles. The number of rotatable bonds is 7. The van der Waals surface area contributed by atoms with Crippen molar-refractivity contribution in [3.8, 4) is 0 Å². The van der Waals surface area contributed by atoms with Crippen molar-refractivity contribution in [3.63, 3.8) is 0 Å². The molecule has 0 spiro atoms. The van der Waals surface area contributed by atoms with Crippen molar-refractivity contribution in [2.45, 2.75) is 51.6 Å². The average molecular weight is 339 g/mol. The van der Waals surface area contributed by atoms with Gasteiger partial charge in [0.1, 0.15) is 6.10 Å². The third-order valence-corrected chi connectivity index (χ3v) is 5.27. The zero-order valence-electron chi connectivity index (χ0n) is 13.6. The Labute approximate surface area is 141 Å². The molecular weight excluding hydrogens is 314 g/mol. The molecule has 1 aliphatic carbocycles. The molecule has 1 saturated carbocycles. The Balaban J connectivity index is 1.92. The third kappa shape index (κ3) is 5.86. The van der Waals surface area contributed by atoms with Gasteiger partial charge in [-0.1, -0.05) is 25.3 Å². The van der Waals surface area contributed by atoms with Crippen LogP contribution in [0.1, 0.15) is 56.4 Å². The molecule has 0 aromatic carbocycles. The summed E-state index contributed by atoms with van der Waals surface area (Å²) in [5, 5.41) is 11.4. The second kappa shape index (κ2) is 8.91. The molecule has 0 unspecified atom stereocenters. The van der Waals surface area contributed by atoms with Crippen LogP contribution in [0.2, 0.25) is 0 Å². The highest BCUT2D eigenvalue weighted by Gasteiger charge is 2.23. The molecule has 128 valence electrons. The van der Waals surface area contributed by atoms with Crippen LogP contribution < -0.4 is 0 Å². The summed E-state index contributed by atoms with van der Waals surface area (Å²) in [5.41, 5.74) is 0. The van der Waals surface area contributed by atoms with E-state index in [0.29, 0.717) is 25.4 Å². The lowest BCUT2D eigenvalue weighted by Gasteiger charge is -2.28. The molecule has 1 atom stereocenters. The maximum Gasteiger partial charge on any atom is 0.407 e. The normalized spacial score (nSPS) is 16.7. The van der Waals surface area contributed by atoms with Crippen molar-refractivity contribution in [1.82, 2.24) is 4.90 Å². The summed E-state index contributed by atoms with van der Waals surface area (Å²) in [6, 6.07) is 3.83. The average Bonchev–Trinajstić information content (AvgIpc) is 3.04. The van der Waals surface area contributed by atoms with Crippen LogP contribution in [0.25, 0.3) is 0 Å². The number of hydrogen-bond donors (Lipinski definition) is 1. The van der Waals surface area contributed by atoms with Crippen LogP contribution in [0, 0.1) is 5.92 Å². The number of ether oxygens (including phenoxy) is 1. The second-order valence-electron chi connectivity index (χ2n) is 6.13. The fraction of sp³-hybridized carbons (Fsp3) is 0.647. The highest BCUT2D eigenvalue weighted by Crippen LogP contribution is 2.28. The molecule has 1 N–H and O–H groups in total. The standard InChI is InChI=1S/C17H25NO4S/c1-13(19)22-15(16-8-5-11-23-16)9-10-18(17(20)21)12-14-6-3-2-4-7-14/h5,8,11,14-15H,2-4,6-7,9-10,12H2,1H3,(H,20,21)/t15-/m0/s1. The first-order chi connectivity index (χ1) is 11.1. The summed E-state index contributed by atoms with van der Waals surface area (Å²) >= 11 is 1.53. The molecule has 1 fully saturated rings. The molecule has 0 radical (unpaired) electrons. The van der Waals surface area contributed by atoms with E-state index in [9.17, 15) is 14.7 Å². The van der Waals surface area contributed by atoms with Gasteiger partial charge in [0.05, 0.1) is 0 Å². The lowest BCUT2D eigenvalue weighted by molar-refractivity contribution is -0.147. The molecule has 5 nitrogen and oxygen atoms in total. The number of carboxylic acid groups (broad SMARTS) is 1. The lowest BCUT2D eigenvalue weighted by atomic mass is 9.89. The van der Waals surface area contributed by atoms with Gasteiger partial charge in [-0.25, -0.2) is 4.79 Å². The molecular formula is C17H25NO4S. The predicted molar refractivity (Wildman–Crippen MR) is 89.6 cm³/mol. The van der Waals surface area contributed by atoms with Crippen LogP contribution in [-0.2, 0) is 9.53 Å². The Morgan fingerprint density at radius 3 is 2.70 bits per heavy atom. The van der Waals surface area contributed by atoms with Crippen LogP contribution >= 0.6 is 11.3 Å². The van der Waals surface area contributed by atoms with E-state index in [-0.39, 0.29) is 12.1 Å². The maximum atomic E-state index is 11.5. The summed E-state index contributed by atoms with van der Waals surface area (Å²) in [6.45, 7) is 2.37. The van der Waals surface area contributed by atoms with Crippen molar-refractivity contribution in [2.24, 2.45) is 5.92 Å². The zero-order chi connectivity index (χ0) is 16.7. The third-order valence-electron chi connectivity index (χ3n) is 4.30. The predicted octanol–water partition coefficient (Wildman–Crippen LogP) is 4.30. The van der Waals surface area contributed by atoms with Gasteiger partial charge in [-0.3, -0.25) is 4.79 Å². The van der Waals surface area contributed by atoms with Gasteiger partial charge < -0.3 is 14.7 Å². The first kappa shape index (κ1) is 17.8. The summed E-state index contributed by atoms with van der Waals surface area (Å²) in [7, 11) is 0. The first-order valence-corrected chi connectivity index (χ1v) is 9.12. The van der Waals surface area contributed by atoms with Gasteiger partial charge in [-0.05, 0) is 30.2 Å². The topological polar surface area (TPSA) is 66.8 Å². The molecule has 1 aromatic rings. The number of carbonyl (C=O) groups is 2. The van der Waals surface area contributed by atoms with E-state index in [0.717, 1.165) is 17.7 Å². The highest BCUT2D eigenvalue weighted by molar-refractivity contribution is 7.10. The molecule has 1 amide bonds. The second-order valence-corrected chi connectivity index (χ2v) is 7.11. The van der Waals surface area contributed by atoms with Crippen LogP contribution in [-0.4, -0.2) is 35.2 Å². The van der Waals surface area contributed by atoms with E-state index in [2.05, 4.69) is 0 Å². The van der Waals surface area contributed by atoms with Crippen molar-refractivity contribution >= 4 is 23.4 Å². The van der Waals surface area contributed by atoms with E-state index in [4.69, 9.17) is 4.74 Å². The lowest BCUT2D eigenvalue weighted by Crippen LogP contribution is -2.36. The van der Waals surface area contributed by atoms with Gasteiger partial charge in [0.2, 0.25) is 0 Å². The Hall–Kier alpha value is -1.56. The number of hydrogen-bond acceptors (Lipinski definition) is 4. The SMILES string of the molecule is CC(=O)O[C@@H](CCN(CC1CCCCC1)C(=O)O)c1cccs1. The fourth-order valence-electron chi connectivity index (χ4n) is 3.15. The number of amides is 1. The Morgan fingerprint density at radius 2 is 2.13 bits per heavy atom. The Morgan fingerprint density at radius 1 is 1.39 bits per heavy atom. The largest absolute Gasteiger partial charge is 0.465 e. The van der Waals surface area contributed by atoms with E-state index in [1.165, 1.54) is 42.4 Å². The minimum atomic E-state index is -0.886. The van der Waals surface area contributed by atoms with Crippen molar-refractivity contribution in [3.05, 3.63) is 22.4 Å². The molecule has 0 aliphatic heterocycles. The van der Waals surface area contributed by atoms with E-state index in [1.54, 1.807) is 0 Å². The molecule has 0 saturated heterocycles. The van der Waals surface area contributed by atoms with E-state index >= 15 is 0 Å². The quantitative estimate of drug-likeness (QED) is 0.752. The van der Waals surface area contributed by atoms with Gasteiger partial charge in [0.15, 0.2) is 0 Å². The monoisotopic (exact) mass is 339 g/mol. The fourth-order valence-corrected chi connectivity index (χ4v) is 3.94. The summed E-state index contributed by atoms with van der Waals surface area (Å²) < 4.78 is 5.37. The van der Waals surface area contributed by atoms with Crippen LogP contribution in [0.4, 0.5) is 4.79 Å². The summed E-state index contributed by atoms with van der Waals surface area (Å²) in [4.78, 5) is 25.3. The summed E-state index contributed by atoms with van der Waals surface area (Å²) in [6.07, 6.45) is 5.14. The van der Waals surface area contributed by atoms with Gasteiger partial charge in [0.25, 0.3) is 0 Å². The smallest absolute Gasteiger partial charge is 0.407 e. The van der Waals surface area contributed by atoms with Gasteiger partial charge in [-0.15, -0.1) is 11.3 Å². The number of thiophene rings is 1. The number of esters is 1. The van der Waals surface area contributed by atoms with E-state index in [1.807, 2.05) is 17.5 Å². The summed E-state index contributed by atoms with van der Waals surface area (Å²) in [5.74, 6) is 0.131. The van der Waals surface area contributed by atoms with Crippen molar-refractivity contribution in [1.29, 1.82) is 0 Å². The number of nitrogens with zero attached hydrogens (tertiary/aromatic N) is 1. The van der Waals surface area contributed by atoms with Crippen molar-refractivity contribution in [2.75, 3.05) is 13.1 Å². The molecule has 2 rings (SSSR count). The number of carbonyl (C=O) groups excluding carboxylic acids is 1. The van der Waals surface area contributed by atoms with Crippen LogP contribution in [0.15, 0.2) is 17.5 Å². The zero-order valence-corrected chi connectivity index (χ0v) is 14.4. The van der Waals surface area contributed by atoms with Gasteiger partial charge in [0, 0.05) is 31.3 Å². The minimum absolute atomic E-state index is 0.336. The van der Waals surface area contributed by atoms with E-state index < -0.39 is 6.09 Å². The maximum absolute atomic E-state index is 11.5. The Bertz CT molecular complexity index is 497. The Kier molecular flexibility index (Phi) is 6.89. The highest BCUT2D eigenvalue weighted by atomic mass is 32.1.